The van der Waals surface area contributed by atoms with E-state index in [9.17, 15) is 10.1 Å². The van der Waals surface area contributed by atoms with Crippen LogP contribution in [0.3, 0.4) is 0 Å². The highest BCUT2D eigenvalue weighted by atomic mass is 16.6. The SMILES string of the molecule is Nc1c(N=Nc2ccccc2)cccc1[N+](=O)[O-]. The van der Waals surface area contributed by atoms with Crippen LogP contribution in [0.5, 0.6) is 0 Å². The van der Waals surface area contributed by atoms with E-state index in [4.69, 9.17) is 5.73 Å². The summed E-state index contributed by atoms with van der Waals surface area (Å²) < 4.78 is 0. The number of hydrogen-bond donors (Lipinski definition) is 1. The van der Waals surface area contributed by atoms with Crippen LogP contribution in [0, 0.1) is 10.1 Å². The van der Waals surface area contributed by atoms with Crippen LogP contribution in [0.4, 0.5) is 22.7 Å². The normalized spacial score (nSPS) is 10.7. The van der Waals surface area contributed by atoms with Gasteiger partial charge in [0.1, 0.15) is 11.4 Å². The highest BCUT2D eigenvalue weighted by Gasteiger charge is 2.13. The van der Waals surface area contributed by atoms with Gasteiger partial charge in [0.05, 0.1) is 10.6 Å². The lowest BCUT2D eigenvalue weighted by molar-refractivity contribution is -0.383. The Labute approximate surface area is 103 Å². The minimum Gasteiger partial charge on any atom is -0.391 e. The molecule has 0 heterocycles. The number of benzene rings is 2. The monoisotopic (exact) mass is 242 g/mol. The fourth-order valence-electron chi connectivity index (χ4n) is 1.39. The third-order valence-corrected chi connectivity index (χ3v) is 2.29. The van der Waals surface area contributed by atoms with Crippen molar-refractivity contribution in [3.63, 3.8) is 0 Å². The van der Waals surface area contributed by atoms with Crippen LogP contribution < -0.4 is 5.73 Å². The van der Waals surface area contributed by atoms with Crippen LogP contribution in [0.1, 0.15) is 0 Å². The number of nitrogen functional groups attached to an aromatic ring is 1. The van der Waals surface area contributed by atoms with Crippen LogP contribution in [0.2, 0.25) is 0 Å². The van der Waals surface area contributed by atoms with Gasteiger partial charge in [-0.15, -0.1) is 5.11 Å². The zero-order chi connectivity index (χ0) is 13.0. The lowest BCUT2D eigenvalue weighted by Gasteiger charge is -1.99. The molecule has 0 radical (unpaired) electrons. The maximum absolute atomic E-state index is 10.7. The van der Waals surface area contributed by atoms with Gasteiger partial charge in [-0.1, -0.05) is 24.3 Å². The molecular weight excluding hydrogens is 232 g/mol. The van der Waals surface area contributed by atoms with Gasteiger partial charge in [-0.3, -0.25) is 10.1 Å². The fraction of sp³-hybridized carbons (Fsp3) is 0. The molecule has 0 saturated heterocycles. The third-order valence-electron chi connectivity index (χ3n) is 2.29. The Morgan fingerprint density at radius 3 is 2.39 bits per heavy atom. The van der Waals surface area contributed by atoms with Gasteiger partial charge in [-0.2, -0.15) is 5.11 Å². The quantitative estimate of drug-likeness (QED) is 0.385. The van der Waals surface area contributed by atoms with E-state index in [0.29, 0.717) is 5.69 Å². The Morgan fingerprint density at radius 2 is 1.72 bits per heavy atom. The first-order valence-electron chi connectivity index (χ1n) is 5.18. The van der Waals surface area contributed by atoms with E-state index in [1.165, 1.54) is 12.1 Å². The number of nitro benzene ring substituents is 1. The summed E-state index contributed by atoms with van der Waals surface area (Å²) >= 11 is 0. The van der Waals surface area contributed by atoms with Crippen molar-refractivity contribution < 1.29 is 4.92 Å². The zero-order valence-corrected chi connectivity index (χ0v) is 9.35. The summed E-state index contributed by atoms with van der Waals surface area (Å²) in [7, 11) is 0. The lowest BCUT2D eigenvalue weighted by Crippen LogP contribution is -1.95. The molecule has 2 N–H and O–H groups in total. The summed E-state index contributed by atoms with van der Waals surface area (Å²) in [4.78, 5) is 10.2. The van der Waals surface area contributed by atoms with Crippen molar-refractivity contribution in [2.45, 2.75) is 0 Å². The second-order valence-corrected chi connectivity index (χ2v) is 3.50. The second-order valence-electron chi connectivity index (χ2n) is 3.50. The minimum absolute atomic E-state index is 0.0159. The predicted octanol–water partition coefficient (Wildman–Crippen LogP) is 3.59. The number of azo groups is 1. The van der Waals surface area contributed by atoms with Gasteiger partial charge < -0.3 is 5.73 Å². The van der Waals surface area contributed by atoms with Crippen LogP contribution in [-0.2, 0) is 0 Å². The molecule has 0 atom stereocenters. The first kappa shape index (κ1) is 11.7. The molecule has 0 aliphatic carbocycles. The highest BCUT2D eigenvalue weighted by Crippen LogP contribution is 2.32. The molecule has 0 unspecified atom stereocenters. The number of anilines is 1. The molecule has 0 saturated carbocycles. The second kappa shape index (κ2) is 5.05. The number of nitro groups is 1. The van der Waals surface area contributed by atoms with E-state index in [2.05, 4.69) is 10.2 Å². The van der Waals surface area contributed by atoms with Gasteiger partial charge in [-0.05, 0) is 18.2 Å². The molecule has 6 nitrogen and oxygen atoms in total. The maximum Gasteiger partial charge on any atom is 0.294 e. The zero-order valence-electron chi connectivity index (χ0n) is 9.35. The van der Waals surface area contributed by atoms with Gasteiger partial charge in [0.15, 0.2) is 0 Å². The molecule has 0 amide bonds. The van der Waals surface area contributed by atoms with Crippen LogP contribution in [0.15, 0.2) is 58.8 Å². The Kier molecular flexibility index (Phi) is 3.29. The average Bonchev–Trinajstić information content (AvgIpc) is 2.38. The van der Waals surface area contributed by atoms with Gasteiger partial charge in [-0.25, -0.2) is 0 Å². The average molecular weight is 242 g/mol. The van der Waals surface area contributed by atoms with Gasteiger partial charge in [0.25, 0.3) is 5.69 Å². The minimum atomic E-state index is -0.545. The van der Waals surface area contributed by atoms with E-state index in [1.54, 1.807) is 18.2 Å². The topological polar surface area (TPSA) is 93.9 Å². The molecule has 18 heavy (non-hydrogen) atoms. The summed E-state index contributed by atoms with van der Waals surface area (Å²) in [5, 5.41) is 18.6. The number of nitrogens with zero attached hydrogens (tertiary/aromatic N) is 3. The first-order chi connectivity index (χ1) is 8.68. The van der Waals surface area contributed by atoms with Gasteiger partial charge in [0.2, 0.25) is 0 Å². The van der Waals surface area contributed by atoms with Crippen LogP contribution in [-0.4, -0.2) is 4.92 Å². The first-order valence-corrected chi connectivity index (χ1v) is 5.18. The predicted molar refractivity (Wildman–Crippen MR) is 68.1 cm³/mol. The number of rotatable bonds is 3. The van der Waals surface area contributed by atoms with Crippen molar-refractivity contribution in [2.24, 2.45) is 10.2 Å². The molecule has 0 aromatic heterocycles. The summed E-state index contributed by atoms with van der Waals surface area (Å²) in [6.07, 6.45) is 0. The van der Waals surface area contributed by atoms with E-state index in [-0.39, 0.29) is 17.1 Å². The molecule has 2 aromatic carbocycles. The maximum atomic E-state index is 10.7. The van der Waals surface area contributed by atoms with Crippen molar-refractivity contribution in [1.82, 2.24) is 0 Å². The molecule has 2 aromatic rings. The standard InChI is InChI=1S/C12H10N4O2/c13-12-10(7-4-8-11(12)16(17)18)15-14-9-5-2-1-3-6-9/h1-8H,13H2. The van der Waals surface area contributed by atoms with Crippen molar-refractivity contribution >= 4 is 22.7 Å². The molecule has 0 fully saturated rings. The fourth-order valence-corrected chi connectivity index (χ4v) is 1.39. The van der Waals surface area contributed by atoms with Crippen LogP contribution in [0.25, 0.3) is 0 Å². The van der Waals surface area contributed by atoms with E-state index < -0.39 is 4.92 Å². The molecule has 0 aliphatic rings. The Bertz CT molecular complexity index is 596. The van der Waals surface area contributed by atoms with E-state index in [0.717, 1.165) is 0 Å². The largest absolute Gasteiger partial charge is 0.391 e. The van der Waals surface area contributed by atoms with Crippen molar-refractivity contribution in [3.8, 4) is 0 Å². The van der Waals surface area contributed by atoms with Crippen molar-refractivity contribution in [2.75, 3.05) is 5.73 Å². The van der Waals surface area contributed by atoms with E-state index in [1.807, 2.05) is 18.2 Å². The summed E-state index contributed by atoms with van der Waals surface area (Å²) in [5.74, 6) is 0. The van der Waals surface area contributed by atoms with Crippen molar-refractivity contribution in [3.05, 3.63) is 58.6 Å². The third kappa shape index (κ3) is 2.49. The molecule has 2 rings (SSSR count). The number of nitrogens with two attached hydrogens (primary N) is 1. The van der Waals surface area contributed by atoms with Gasteiger partial charge >= 0.3 is 0 Å². The number of hydrogen-bond acceptors (Lipinski definition) is 5. The Morgan fingerprint density at radius 1 is 1.00 bits per heavy atom. The molecule has 0 spiro atoms. The van der Waals surface area contributed by atoms with E-state index >= 15 is 0 Å². The molecular formula is C12H10N4O2. The van der Waals surface area contributed by atoms with Gasteiger partial charge in [0, 0.05) is 6.07 Å². The molecule has 6 heteroatoms. The Balaban J connectivity index is 2.33. The molecule has 90 valence electrons. The lowest BCUT2D eigenvalue weighted by atomic mass is 10.2. The smallest absolute Gasteiger partial charge is 0.294 e. The number of para-hydroxylation sites is 1. The summed E-state index contributed by atoms with van der Waals surface area (Å²) in [5.41, 5.74) is 6.44. The van der Waals surface area contributed by atoms with Crippen LogP contribution >= 0.6 is 0 Å². The van der Waals surface area contributed by atoms with Crippen molar-refractivity contribution in [1.29, 1.82) is 0 Å². The Hall–Kier alpha value is -2.76. The molecule has 0 aliphatic heterocycles. The summed E-state index contributed by atoms with van der Waals surface area (Å²) in [6, 6.07) is 13.5. The summed E-state index contributed by atoms with van der Waals surface area (Å²) in [6.45, 7) is 0. The molecule has 0 bridgehead atoms. The highest BCUT2D eigenvalue weighted by molar-refractivity contribution is 5.73.